The molecular formula is C13H18N4O2S. The fourth-order valence-electron chi connectivity index (χ4n) is 1.78. The first-order valence-corrected chi connectivity index (χ1v) is 7.21. The average molecular weight is 294 g/mol. The molecule has 1 amide bonds. The standard InChI is InChI=1S/C13H18N4O2S/c1-3-4-17-7-11(6-15-17)19-8-10-5-12(13(18)16-14)20-9(10)2/h5-7H,3-4,8,14H2,1-2H3,(H,16,18). The summed E-state index contributed by atoms with van der Waals surface area (Å²) in [5.74, 6) is 5.58. The summed E-state index contributed by atoms with van der Waals surface area (Å²) in [6, 6.07) is 1.80. The van der Waals surface area contributed by atoms with Crippen LogP contribution in [0.3, 0.4) is 0 Å². The van der Waals surface area contributed by atoms with Gasteiger partial charge in [-0.2, -0.15) is 5.10 Å². The summed E-state index contributed by atoms with van der Waals surface area (Å²) in [5.41, 5.74) is 3.11. The second-order valence-corrected chi connectivity index (χ2v) is 5.65. The minimum absolute atomic E-state index is 0.278. The van der Waals surface area contributed by atoms with E-state index in [9.17, 15) is 4.79 Å². The number of thiophene rings is 1. The number of nitrogens with zero attached hydrogens (tertiary/aromatic N) is 2. The predicted molar refractivity (Wildman–Crippen MR) is 77.6 cm³/mol. The number of hydrazine groups is 1. The van der Waals surface area contributed by atoms with E-state index in [2.05, 4.69) is 17.4 Å². The molecule has 7 heteroatoms. The number of nitrogens with one attached hydrogen (secondary N) is 1. The van der Waals surface area contributed by atoms with Gasteiger partial charge in [-0.05, 0) is 19.4 Å². The number of hydrogen-bond acceptors (Lipinski definition) is 5. The summed E-state index contributed by atoms with van der Waals surface area (Å²) in [7, 11) is 0. The lowest BCUT2D eigenvalue weighted by molar-refractivity contribution is 0.0957. The van der Waals surface area contributed by atoms with Crippen molar-refractivity contribution in [3.05, 3.63) is 33.8 Å². The zero-order valence-corrected chi connectivity index (χ0v) is 12.4. The largest absolute Gasteiger partial charge is 0.486 e. The molecule has 0 saturated heterocycles. The van der Waals surface area contributed by atoms with Crippen LogP contribution in [0.1, 0.15) is 33.5 Å². The molecule has 20 heavy (non-hydrogen) atoms. The molecule has 2 aromatic heterocycles. The van der Waals surface area contributed by atoms with Crippen LogP contribution < -0.4 is 16.0 Å². The second kappa shape index (κ2) is 6.53. The summed E-state index contributed by atoms with van der Waals surface area (Å²) in [4.78, 5) is 13.1. The summed E-state index contributed by atoms with van der Waals surface area (Å²) in [5, 5.41) is 4.20. The van der Waals surface area contributed by atoms with Crippen molar-refractivity contribution in [3.63, 3.8) is 0 Å². The highest BCUT2D eigenvalue weighted by Gasteiger charge is 2.12. The van der Waals surface area contributed by atoms with Crippen molar-refractivity contribution >= 4 is 17.2 Å². The van der Waals surface area contributed by atoms with Crippen molar-refractivity contribution in [2.75, 3.05) is 0 Å². The fourth-order valence-corrected chi connectivity index (χ4v) is 2.71. The Labute approximate surface area is 121 Å². The van der Waals surface area contributed by atoms with Crippen LogP contribution in [-0.2, 0) is 13.2 Å². The van der Waals surface area contributed by atoms with Gasteiger partial charge in [-0.15, -0.1) is 11.3 Å². The molecule has 0 spiro atoms. The van der Waals surface area contributed by atoms with Crippen molar-refractivity contribution < 1.29 is 9.53 Å². The van der Waals surface area contributed by atoms with Crippen LogP contribution in [0.5, 0.6) is 5.75 Å². The molecule has 0 unspecified atom stereocenters. The third kappa shape index (κ3) is 3.37. The molecule has 0 radical (unpaired) electrons. The van der Waals surface area contributed by atoms with E-state index in [4.69, 9.17) is 10.6 Å². The number of nitrogen functional groups attached to an aromatic ring is 1. The summed E-state index contributed by atoms with van der Waals surface area (Å²) in [6.45, 7) is 5.35. The van der Waals surface area contributed by atoms with E-state index in [0.29, 0.717) is 11.5 Å². The van der Waals surface area contributed by atoms with Crippen LogP contribution in [0.2, 0.25) is 0 Å². The van der Waals surface area contributed by atoms with Gasteiger partial charge in [0.05, 0.1) is 17.3 Å². The maximum atomic E-state index is 11.4. The van der Waals surface area contributed by atoms with E-state index in [1.165, 1.54) is 11.3 Å². The number of aromatic nitrogens is 2. The van der Waals surface area contributed by atoms with Crippen LogP contribution in [0.15, 0.2) is 18.5 Å². The van der Waals surface area contributed by atoms with E-state index in [1.54, 1.807) is 12.3 Å². The topological polar surface area (TPSA) is 82.2 Å². The van der Waals surface area contributed by atoms with Gasteiger partial charge in [0.2, 0.25) is 0 Å². The molecule has 2 aromatic rings. The number of carbonyl (C=O) groups is 1. The monoisotopic (exact) mass is 294 g/mol. The van der Waals surface area contributed by atoms with Crippen molar-refractivity contribution in [3.8, 4) is 5.75 Å². The Balaban J connectivity index is 1.99. The SMILES string of the molecule is CCCn1cc(OCc2cc(C(=O)NN)sc2C)cn1. The van der Waals surface area contributed by atoms with Gasteiger partial charge in [0, 0.05) is 17.0 Å². The van der Waals surface area contributed by atoms with Gasteiger partial charge in [-0.1, -0.05) is 6.92 Å². The normalized spacial score (nSPS) is 10.6. The van der Waals surface area contributed by atoms with Gasteiger partial charge in [0.1, 0.15) is 6.61 Å². The number of ether oxygens (including phenoxy) is 1. The van der Waals surface area contributed by atoms with E-state index in [0.717, 1.165) is 29.2 Å². The summed E-state index contributed by atoms with van der Waals surface area (Å²) >= 11 is 1.40. The third-order valence-electron chi connectivity index (χ3n) is 2.83. The Hall–Kier alpha value is -1.86. The van der Waals surface area contributed by atoms with Crippen molar-refractivity contribution in [2.24, 2.45) is 5.84 Å². The molecule has 2 heterocycles. The molecule has 0 fully saturated rings. The van der Waals surface area contributed by atoms with Crippen LogP contribution >= 0.6 is 11.3 Å². The Bertz CT molecular complexity index is 591. The average Bonchev–Trinajstić information content (AvgIpc) is 3.03. The van der Waals surface area contributed by atoms with Gasteiger partial charge in [-0.3, -0.25) is 14.9 Å². The molecule has 0 atom stereocenters. The molecule has 0 aliphatic carbocycles. The molecular weight excluding hydrogens is 276 g/mol. The van der Waals surface area contributed by atoms with E-state index < -0.39 is 0 Å². The number of aryl methyl sites for hydroxylation is 2. The smallest absolute Gasteiger partial charge is 0.275 e. The first-order chi connectivity index (χ1) is 9.63. The second-order valence-electron chi connectivity index (χ2n) is 4.39. The Morgan fingerprint density at radius 2 is 2.40 bits per heavy atom. The molecule has 108 valence electrons. The molecule has 3 N–H and O–H groups in total. The third-order valence-corrected chi connectivity index (χ3v) is 3.92. The predicted octanol–water partition coefficient (Wildman–Crippen LogP) is 1.85. The van der Waals surface area contributed by atoms with Gasteiger partial charge in [0.15, 0.2) is 5.75 Å². The molecule has 6 nitrogen and oxygen atoms in total. The first kappa shape index (κ1) is 14.5. The number of carbonyl (C=O) groups excluding carboxylic acids is 1. The summed E-state index contributed by atoms with van der Waals surface area (Å²) in [6.07, 6.45) is 4.60. The number of amides is 1. The highest BCUT2D eigenvalue weighted by atomic mass is 32.1. The zero-order chi connectivity index (χ0) is 14.5. The van der Waals surface area contributed by atoms with Gasteiger partial charge < -0.3 is 4.74 Å². The maximum Gasteiger partial charge on any atom is 0.275 e. The fraction of sp³-hybridized carbons (Fsp3) is 0.385. The Morgan fingerprint density at radius 1 is 1.60 bits per heavy atom. The maximum absolute atomic E-state index is 11.4. The number of hydrogen-bond donors (Lipinski definition) is 2. The minimum Gasteiger partial charge on any atom is -0.486 e. The highest BCUT2D eigenvalue weighted by Crippen LogP contribution is 2.23. The van der Waals surface area contributed by atoms with E-state index in [1.807, 2.05) is 17.8 Å². The molecule has 0 saturated carbocycles. The van der Waals surface area contributed by atoms with Gasteiger partial charge >= 0.3 is 0 Å². The molecule has 0 aromatic carbocycles. The molecule has 0 aliphatic rings. The van der Waals surface area contributed by atoms with E-state index in [-0.39, 0.29) is 5.91 Å². The van der Waals surface area contributed by atoms with Crippen molar-refractivity contribution in [1.29, 1.82) is 0 Å². The van der Waals surface area contributed by atoms with Crippen LogP contribution in [0.4, 0.5) is 0 Å². The van der Waals surface area contributed by atoms with Crippen LogP contribution in [0.25, 0.3) is 0 Å². The summed E-state index contributed by atoms with van der Waals surface area (Å²) < 4.78 is 7.54. The number of rotatable bonds is 6. The van der Waals surface area contributed by atoms with Gasteiger partial charge in [0.25, 0.3) is 5.91 Å². The van der Waals surface area contributed by atoms with Crippen LogP contribution in [0, 0.1) is 6.92 Å². The Kier molecular flexibility index (Phi) is 4.75. The quantitative estimate of drug-likeness (QED) is 0.484. The van der Waals surface area contributed by atoms with Crippen molar-refractivity contribution in [2.45, 2.75) is 33.4 Å². The molecule has 0 bridgehead atoms. The highest BCUT2D eigenvalue weighted by molar-refractivity contribution is 7.14. The molecule has 2 rings (SSSR count). The lowest BCUT2D eigenvalue weighted by atomic mass is 10.2. The lowest BCUT2D eigenvalue weighted by Gasteiger charge is -2.02. The lowest BCUT2D eigenvalue weighted by Crippen LogP contribution is -2.29. The van der Waals surface area contributed by atoms with Crippen molar-refractivity contribution in [1.82, 2.24) is 15.2 Å². The molecule has 0 aliphatic heterocycles. The zero-order valence-electron chi connectivity index (χ0n) is 11.5. The minimum atomic E-state index is -0.278. The van der Waals surface area contributed by atoms with Crippen LogP contribution in [-0.4, -0.2) is 15.7 Å². The van der Waals surface area contributed by atoms with E-state index >= 15 is 0 Å². The van der Waals surface area contributed by atoms with Gasteiger partial charge in [-0.25, -0.2) is 5.84 Å². The first-order valence-electron chi connectivity index (χ1n) is 6.39. The number of nitrogens with two attached hydrogens (primary N) is 1. The Morgan fingerprint density at radius 3 is 3.10 bits per heavy atom.